The molecular formula is C31H39N5O5S. The van der Waals surface area contributed by atoms with Crippen LogP contribution >= 0.6 is 11.3 Å². The molecule has 1 fully saturated rings. The lowest BCUT2D eigenvalue weighted by Crippen LogP contribution is -2.57. The largest absolute Gasteiger partial charge is 0.496 e. The third-order valence-electron chi connectivity index (χ3n) is 7.33. The molecule has 0 unspecified atom stereocenters. The average molecular weight is 594 g/mol. The summed E-state index contributed by atoms with van der Waals surface area (Å²) in [5.41, 5.74) is -0.954. The van der Waals surface area contributed by atoms with Gasteiger partial charge in [-0.05, 0) is 50.3 Å². The number of rotatable bonds is 7. The van der Waals surface area contributed by atoms with Crippen molar-refractivity contribution >= 4 is 29.1 Å². The smallest absolute Gasteiger partial charge is 0.333 e. The Kier molecular flexibility index (Phi) is 8.73. The van der Waals surface area contributed by atoms with Gasteiger partial charge >= 0.3 is 5.97 Å². The number of likely N-dealkylation sites (tertiary alicyclic amines) is 1. The Bertz CT molecular complexity index is 1430. The summed E-state index contributed by atoms with van der Waals surface area (Å²) >= 11 is 1.37. The van der Waals surface area contributed by atoms with Crippen molar-refractivity contribution in [2.45, 2.75) is 82.9 Å². The van der Waals surface area contributed by atoms with E-state index in [-0.39, 0.29) is 18.3 Å². The molecule has 42 heavy (non-hydrogen) atoms. The number of methoxy groups -OCH3 is 1. The number of hydrogen-bond donors (Lipinski definition) is 1. The Balaban J connectivity index is 1.99. The highest BCUT2D eigenvalue weighted by Crippen LogP contribution is 2.54. The van der Waals surface area contributed by atoms with Gasteiger partial charge in [0.05, 0.1) is 25.3 Å². The number of aromatic nitrogens is 3. The SMILES string of the molecule is CNC(=O)C[C@@]1(C(=O)OC(C)(C)C)C[C@H](c2cnccn2)[C@H](c2nccs2)N1C(=O)c1ccc(C(C)(C)C)c(OC)c1. The molecule has 1 aromatic carbocycles. The van der Waals surface area contributed by atoms with Crippen molar-refractivity contribution in [2.75, 3.05) is 14.2 Å². The first-order valence-electron chi connectivity index (χ1n) is 13.8. The van der Waals surface area contributed by atoms with Crippen LogP contribution in [0.1, 0.15) is 93.0 Å². The molecule has 3 heterocycles. The Morgan fingerprint density at radius 2 is 1.83 bits per heavy atom. The van der Waals surface area contributed by atoms with E-state index in [1.165, 1.54) is 23.3 Å². The lowest BCUT2D eigenvalue weighted by molar-refractivity contribution is -0.169. The molecule has 0 radical (unpaired) electrons. The van der Waals surface area contributed by atoms with Crippen LogP contribution in [0.2, 0.25) is 0 Å². The molecule has 1 saturated heterocycles. The molecule has 4 rings (SSSR count). The maximum atomic E-state index is 14.8. The molecule has 1 aliphatic heterocycles. The lowest BCUT2D eigenvalue weighted by atomic mass is 9.85. The fourth-order valence-electron chi connectivity index (χ4n) is 5.49. The van der Waals surface area contributed by atoms with Gasteiger partial charge in [-0.25, -0.2) is 9.78 Å². The topological polar surface area (TPSA) is 124 Å². The maximum Gasteiger partial charge on any atom is 0.333 e. The Hall–Kier alpha value is -3.86. The fraction of sp³-hybridized carbons (Fsp3) is 0.484. The molecule has 1 aliphatic rings. The number of thiazole rings is 1. The second kappa shape index (κ2) is 11.8. The first-order chi connectivity index (χ1) is 19.7. The number of hydrogen-bond acceptors (Lipinski definition) is 9. The highest BCUT2D eigenvalue weighted by molar-refractivity contribution is 7.09. The van der Waals surface area contributed by atoms with Gasteiger partial charge in [0.2, 0.25) is 5.91 Å². The normalized spacial score (nSPS) is 20.7. The van der Waals surface area contributed by atoms with Crippen molar-refractivity contribution < 1.29 is 23.9 Å². The van der Waals surface area contributed by atoms with Gasteiger partial charge in [-0.2, -0.15) is 0 Å². The van der Waals surface area contributed by atoms with Crippen molar-refractivity contribution in [3.8, 4) is 5.75 Å². The van der Waals surface area contributed by atoms with E-state index in [1.807, 2.05) is 11.4 Å². The van der Waals surface area contributed by atoms with Crippen LogP contribution in [0.4, 0.5) is 0 Å². The number of nitrogens with one attached hydrogen (secondary N) is 1. The van der Waals surface area contributed by atoms with E-state index in [1.54, 1.807) is 64.8 Å². The van der Waals surface area contributed by atoms with Crippen molar-refractivity contribution in [3.63, 3.8) is 0 Å². The van der Waals surface area contributed by atoms with E-state index in [2.05, 4.69) is 41.0 Å². The van der Waals surface area contributed by atoms with E-state index in [9.17, 15) is 14.4 Å². The molecule has 0 spiro atoms. The van der Waals surface area contributed by atoms with Crippen molar-refractivity contribution in [3.05, 3.63) is 70.2 Å². The van der Waals surface area contributed by atoms with Crippen molar-refractivity contribution in [2.24, 2.45) is 0 Å². The minimum absolute atomic E-state index is 0.0845. The van der Waals surface area contributed by atoms with Crippen molar-refractivity contribution in [1.82, 2.24) is 25.2 Å². The summed E-state index contributed by atoms with van der Waals surface area (Å²) in [4.78, 5) is 57.1. The van der Waals surface area contributed by atoms with Gasteiger partial charge in [-0.15, -0.1) is 11.3 Å². The van der Waals surface area contributed by atoms with Gasteiger partial charge in [-0.3, -0.25) is 19.6 Å². The second-order valence-corrected chi connectivity index (χ2v) is 13.4. The Morgan fingerprint density at radius 1 is 1.10 bits per heavy atom. The zero-order valence-corrected chi connectivity index (χ0v) is 26.2. The Morgan fingerprint density at radius 3 is 2.38 bits per heavy atom. The summed E-state index contributed by atoms with van der Waals surface area (Å²) in [5.74, 6) is -1.47. The molecule has 10 nitrogen and oxygen atoms in total. The number of amides is 2. The predicted octanol–water partition coefficient (Wildman–Crippen LogP) is 4.83. The summed E-state index contributed by atoms with van der Waals surface area (Å²) < 4.78 is 11.7. The van der Waals surface area contributed by atoms with E-state index < -0.39 is 40.9 Å². The average Bonchev–Trinajstić information content (AvgIpc) is 3.58. The molecule has 3 aromatic rings. The maximum absolute atomic E-state index is 14.8. The van der Waals surface area contributed by atoms with Crippen LogP contribution in [-0.4, -0.2) is 62.9 Å². The van der Waals surface area contributed by atoms with Gasteiger partial charge in [0, 0.05) is 48.7 Å². The molecule has 0 saturated carbocycles. The second-order valence-electron chi connectivity index (χ2n) is 12.5. The number of carbonyl (C=O) groups excluding carboxylic acids is 3. The summed E-state index contributed by atoms with van der Waals surface area (Å²) in [6, 6.07) is 4.57. The number of nitrogens with zero attached hydrogens (tertiary/aromatic N) is 4. The third kappa shape index (κ3) is 6.16. The third-order valence-corrected chi connectivity index (χ3v) is 8.18. The van der Waals surface area contributed by atoms with Crippen molar-refractivity contribution in [1.29, 1.82) is 0 Å². The first-order valence-corrected chi connectivity index (χ1v) is 14.7. The van der Waals surface area contributed by atoms with Gasteiger partial charge in [0.1, 0.15) is 16.4 Å². The molecule has 224 valence electrons. The lowest BCUT2D eigenvalue weighted by Gasteiger charge is -2.40. The van der Waals surface area contributed by atoms with Crippen LogP contribution in [0.5, 0.6) is 5.75 Å². The molecule has 1 N–H and O–H groups in total. The fourth-order valence-corrected chi connectivity index (χ4v) is 6.29. The van der Waals surface area contributed by atoms with Crippen LogP contribution in [0, 0.1) is 0 Å². The van der Waals surface area contributed by atoms with Gasteiger partial charge in [0.15, 0.2) is 5.54 Å². The standard InChI is InChI=1S/C31H39N5O5S/c1-29(2,3)21-10-9-19(15-23(21)40-8)27(38)36-25(26-35-13-14-42-26)20(22-18-33-11-12-34-22)16-31(36,17-24(37)32-7)28(39)41-30(4,5)6/h9-15,18,20,25H,16-17H2,1-8H3,(H,32,37)/t20-,25-,31-/m1/s1. The molecule has 2 amide bonds. The zero-order chi connectivity index (χ0) is 30.9. The molecule has 3 atom stereocenters. The summed E-state index contributed by atoms with van der Waals surface area (Å²) in [6.07, 6.45) is 6.20. The molecule has 0 bridgehead atoms. The highest BCUT2D eigenvalue weighted by Gasteiger charge is 2.62. The minimum Gasteiger partial charge on any atom is -0.496 e. The summed E-state index contributed by atoms with van der Waals surface area (Å²) in [6.45, 7) is 11.5. The highest BCUT2D eigenvalue weighted by atomic mass is 32.1. The summed E-state index contributed by atoms with van der Waals surface area (Å²) in [5, 5.41) is 5.06. The predicted molar refractivity (Wildman–Crippen MR) is 159 cm³/mol. The number of esters is 1. The zero-order valence-electron chi connectivity index (χ0n) is 25.4. The number of carbonyl (C=O) groups is 3. The van der Waals surface area contributed by atoms with E-state index >= 15 is 0 Å². The number of benzene rings is 1. The van der Waals surface area contributed by atoms with E-state index in [0.717, 1.165) is 5.56 Å². The van der Waals surface area contributed by atoms with Gasteiger partial charge in [0.25, 0.3) is 5.91 Å². The quantitative estimate of drug-likeness (QED) is 0.387. The van der Waals surface area contributed by atoms with Gasteiger partial charge in [-0.1, -0.05) is 26.8 Å². The monoisotopic (exact) mass is 593 g/mol. The number of ether oxygens (including phenoxy) is 2. The molecule has 0 aliphatic carbocycles. The first kappa shape index (κ1) is 31.1. The van der Waals surface area contributed by atoms with Crippen LogP contribution in [0.3, 0.4) is 0 Å². The molecule has 11 heteroatoms. The minimum atomic E-state index is -1.67. The van der Waals surface area contributed by atoms with Crippen LogP contribution in [0.25, 0.3) is 0 Å². The van der Waals surface area contributed by atoms with Crippen LogP contribution in [-0.2, 0) is 19.7 Å². The summed E-state index contributed by atoms with van der Waals surface area (Å²) in [7, 11) is 3.06. The van der Waals surface area contributed by atoms with Crippen LogP contribution < -0.4 is 10.1 Å². The Labute approximate surface area is 250 Å². The molecular weight excluding hydrogens is 554 g/mol. The molecule has 2 aromatic heterocycles. The van der Waals surface area contributed by atoms with E-state index in [4.69, 9.17) is 9.47 Å². The van der Waals surface area contributed by atoms with E-state index in [0.29, 0.717) is 22.0 Å². The van der Waals surface area contributed by atoms with Gasteiger partial charge < -0.3 is 19.7 Å². The van der Waals surface area contributed by atoms with Crippen LogP contribution in [0.15, 0.2) is 48.4 Å².